The average molecular weight is 867 g/mol. The lowest BCUT2D eigenvalue weighted by atomic mass is 9.95. The van der Waals surface area contributed by atoms with E-state index in [4.69, 9.17) is 19.6 Å². The Morgan fingerprint density at radius 1 is 0.410 bits per heavy atom. The van der Waals surface area contributed by atoms with E-state index < -0.39 is 0 Å². The molecule has 0 heterocycles. The third-order valence-electron chi connectivity index (χ3n) is 13.1. The summed E-state index contributed by atoms with van der Waals surface area (Å²) in [4.78, 5) is 29.6. The van der Waals surface area contributed by atoms with Crippen molar-refractivity contribution in [1.29, 1.82) is 0 Å². The fourth-order valence-electron chi connectivity index (χ4n) is 8.73. The van der Waals surface area contributed by atoms with Gasteiger partial charge in [0.1, 0.15) is 0 Å². The maximum absolute atomic E-state index is 12.8. The third kappa shape index (κ3) is 44.3. The topological polar surface area (TPSA) is 71.5 Å². The standard InChI is InChI=1S/C54H110N2O5/c1-6-11-15-19-21-30-39-52(38-28-17-13-8-3)50-59-54(58)42-32-27-35-45-56(47-46-55(10-5)43-33-23-25-36-48-57)44-34-24-26-37-49-60-61-51-53(40-29-18-14-9-4)41-31-22-20-16-12-7-2/h52-53,57H,6-51H2,1-5H3. The number of ether oxygens (including phenoxy) is 1. The van der Waals surface area contributed by atoms with Gasteiger partial charge in [0.2, 0.25) is 0 Å². The second-order valence-electron chi connectivity index (χ2n) is 19.0. The van der Waals surface area contributed by atoms with Crippen molar-refractivity contribution < 1.29 is 24.4 Å². The Balaban J connectivity index is 4.68. The number of aliphatic hydroxyl groups is 1. The van der Waals surface area contributed by atoms with Crippen molar-refractivity contribution in [2.45, 2.75) is 266 Å². The molecule has 7 heteroatoms. The number of hydrogen-bond donors (Lipinski definition) is 1. The number of unbranched alkanes of at least 4 members (excludes halogenated alkanes) is 24. The molecule has 1 N–H and O–H groups in total. The first-order valence-electron chi connectivity index (χ1n) is 27.5. The molecular weight excluding hydrogens is 757 g/mol. The van der Waals surface area contributed by atoms with Gasteiger partial charge in [-0.1, -0.05) is 195 Å². The van der Waals surface area contributed by atoms with Gasteiger partial charge in [0.15, 0.2) is 0 Å². The van der Waals surface area contributed by atoms with E-state index in [2.05, 4.69) is 44.4 Å². The molecule has 0 saturated heterocycles. The van der Waals surface area contributed by atoms with Gasteiger partial charge in [0.05, 0.1) is 19.8 Å². The zero-order valence-corrected chi connectivity index (χ0v) is 42.2. The Morgan fingerprint density at radius 2 is 0.803 bits per heavy atom. The second-order valence-corrected chi connectivity index (χ2v) is 19.0. The molecule has 0 aromatic rings. The summed E-state index contributed by atoms with van der Waals surface area (Å²) in [5.41, 5.74) is 0. The monoisotopic (exact) mass is 867 g/mol. The molecule has 0 saturated carbocycles. The Kier molecular flexibility index (Phi) is 49.7. The predicted molar refractivity (Wildman–Crippen MR) is 264 cm³/mol. The quantitative estimate of drug-likeness (QED) is 0.0283. The van der Waals surface area contributed by atoms with Crippen LogP contribution in [0.25, 0.3) is 0 Å². The minimum absolute atomic E-state index is 0.0145. The lowest BCUT2D eigenvalue weighted by molar-refractivity contribution is -0.302. The molecule has 0 spiro atoms. The largest absolute Gasteiger partial charge is 0.465 e. The fraction of sp³-hybridized carbons (Fsp3) is 0.981. The van der Waals surface area contributed by atoms with Crippen LogP contribution in [0.4, 0.5) is 0 Å². The SMILES string of the molecule is CCCCCCCCC(CCCCCC)COOCCCCCCN(CCCCCC(=O)OCC(CCCCCC)CCCCCCCC)CCN(CC)CCCCCCO. The van der Waals surface area contributed by atoms with Gasteiger partial charge in [-0.3, -0.25) is 4.79 Å². The summed E-state index contributed by atoms with van der Waals surface area (Å²) in [6, 6.07) is 0. The highest BCUT2D eigenvalue weighted by molar-refractivity contribution is 5.69. The van der Waals surface area contributed by atoms with E-state index in [-0.39, 0.29) is 5.97 Å². The van der Waals surface area contributed by atoms with E-state index in [1.54, 1.807) is 0 Å². The van der Waals surface area contributed by atoms with Crippen LogP contribution >= 0.6 is 0 Å². The number of aliphatic hydroxyl groups excluding tert-OH is 1. The molecule has 0 aliphatic rings. The van der Waals surface area contributed by atoms with Gasteiger partial charge in [-0.2, -0.15) is 0 Å². The van der Waals surface area contributed by atoms with Crippen LogP contribution in [0.15, 0.2) is 0 Å². The van der Waals surface area contributed by atoms with E-state index >= 15 is 0 Å². The van der Waals surface area contributed by atoms with E-state index in [0.29, 0.717) is 38.1 Å². The zero-order valence-electron chi connectivity index (χ0n) is 42.2. The van der Waals surface area contributed by atoms with Crippen LogP contribution in [0.5, 0.6) is 0 Å². The van der Waals surface area contributed by atoms with Gasteiger partial charge in [-0.25, -0.2) is 9.78 Å². The van der Waals surface area contributed by atoms with Crippen LogP contribution < -0.4 is 0 Å². The van der Waals surface area contributed by atoms with Gasteiger partial charge in [-0.15, -0.1) is 0 Å². The molecule has 7 nitrogen and oxygen atoms in total. The van der Waals surface area contributed by atoms with E-state index in [9.17, 15) is 4.79 Å². The van der Waals surface area contributed by atoms with Crippen LogP contribution in [-0.4, -0.2) is 86.6 Å². The lowest BCUT2D eigenvalue weighted by Crippen LogP contribution is -2.36. The minimum atomic E-state index is 0.0145. The molecule has 0 aliphatic carbocycles. The maximum atomic E-state index is 12.8. The normalized spacial score (nSPS) is 12.9. The summed E-state index contributed by atoms with van der Waals surface area (Å²) in [5.74, 6) is 1.19. The van der Waals surface area contributed by atoms with Gasteiger partial charge in [0.25, 0.3) is 0 Å². The van der Waals surface area contributed by atoms with Crippen LogP contribution in [0.3, 0.4) is 0 Å². The molecule has 0 aliphatic heterocycles. The third-order valence-corrected chi connectivity index (χ3v) is 13.1. The summed E-state index contributed by atoms with van der Waals surface area (Å²) >= 11 is 0. The van der Waals surface area contributed by atoms with E-state index in [1.807, 2.05) is 0 Å². The molecule has 0 amide bonds. The predicted octanol–water partition coefficient (Wildman–Crippen LogP) is 15.4. The number of rotatable bonds is 52. The highest BCUT2D eigenvalue weighted by Gasteiger charge is 2.14. The highest BCUT2D eigenvalue weighted by Crippen LogP contribution is 2.21. The second kappa shape index (κ2) is 50.3. The van der Waals surface area contributed by atoms with Crippen molar-refractivity contribution in [3.05, 3.63) is 0 Å². The van der Waals surface area contributed by atoms with Crippen molar-refractivity contribution in [2.24, 2.45) is 11.8 Å². The molecule has 0 aromatic heterocycles. The number of carbonyl (C=O) groups is 1. The van der Waals surface area contributed by atoms with E-state index in [0.717, 1.165) is 84.4 Å². The van der Waals surface area contributed by atoms with Gasteiger partial charge < -0.3 is 19.6 Å². The molecule has 61 heavy (non-hydrogen) atoms. The Labute approximate surface area is 382 Å². The van der Waals surface area contributed by atoms with Crippen molar-refractivity contribution in [3.63, 3.8) is 0 Å². The summed E-state index contributed by atoms with van der Waals surface area (Å²) in [7, 11) is 0. The van der Waals surface area contributed by atoms with Crippen LogP contribution in [0, 0.1) is 11.8 Å². The zero-order chi connectivity index (χ0) is 44.5. The van der Waals surface area contributed by atoms with Gasteiger partial charge in [0, 0.05) is 26.1 Å². The number of esters is 1. The Morgan fingerprint density at radius 3 is 1.31 bits per heavy atom. The Bertz CT molecular complexity index is 846. The molecular formula is C54H110N2O5. The van der Waals surface area contributed by atoms with Crippen LogP contribution in [0.2, 0.25) is 0 Å². The number of nitrogens with zero attached hydrogens (tertiary/aromatic N) is 2. The first-order valence-corrected chi connectivity index (χ1v) is 27.5. The molecule has 0 bridgehead atoms. The number of carbonyl (C=O) groups excluding carboxylic acids is 1. The van der Waals surface area contributed by atoms with Crippen LogP contribution in [-0.2, 0) is 19.3 Å². The molecule has 0 radical (unpaired) electrons. The lowest BCUT2D eigenvalue weighted by Gasteiger charge is -2.27. The molecule has 2 unspecified atom stereocenters. The first-order chi connectivity index (χ1) is 30.0. The number of likely N-dealkylation sites (N-methyl/N-ethyl adjacent to an activating group) is 1. The van der Waals surface area contributed by atoms with Crippen molar-refractivity contribution in [2.75, 3.05) is 65.7 Å². The van der Waals surface area contributed by atoms with Gasteiger partial charge in [-0.05, 0) is 102 Å². The fourth-order valence-corrected chi connectivity index (χ4v) is 8.73. The molecule has 0 rings (SSSR count). The Hall–Kier alpha value is -0.730. The molecule has 0 fully saturated rings. The molecule has 0 aromatic carbocycles. The van der Waals surface area contributed by atoms with Crippen molar-refractivity contribution in [1.82, 2.24) is 9.80 Å². The highest BCUT2D eigenvalue weighted by atomic mass is 17.2. The first kappa shape index (κ1) is 60.3. The summed E-state index contributed by atoms with van der Waals surface area (Å²) < 4.78 is 5.90. The smallest absolute Gasteiger partial charge is 0.305 e. The van der Waals surface area contributed by atoms with E-state index in [1.165, 1.54) is 186 Å². The van der Waals surface area contributed by atoms with Gasteiger partial charge >= 0.3 is 5.97 Å². The summed E-state index contributed by atoms with van der Waals surface area (Å²) in [5, 5.41) is 9.14. The van der Waals surface area contributed by atoms with Crippen molar-refractivity contribution in [3.8, 4) is 0 Å². The van der Waals surface area contributed by atoms with Crippen LogP contribution in [0.1, 0.15) is 266 Å². The molecule has 2 atom stereocenters. The van der Waals surface area contributed by atoms with Crippen molar-refractivity contribution >= 4 is 5.97 Å². The maximum Gasteiger partial charge on any atom is 0.305 e. The minimum Gasteiger partial charge on any atom is -0.465 e. The number of hydrogen-bond acceptors (Lipinski definition) is 7. The average Bonchev–Trinajstić information content (AvgIpc) is 3.27. The molecule has 366 valence electrons. The summed E-state index contributed by atoms with van der Waals surface area (Å²) in [6.07, 6.45) is 44.4. The summed E-state index contributed by atoms with van der Waals surface area (Å²) in [6.45, 7) is 20.5.